The molecule has 0 spiro atoms. The lowest BCUT2D eigenvalue weighted by molar-refractivity contribution is -0.117. The predicted octanol–water partition coefficient (Wildman–Crippen LogP) is 2.08. The lowest BCUT2D eigenvalue weighted by Gasteiger charge is -2.21. The van der Waals surface area contributed by atoms with Gasteiger partial charge in [0.25, 0.3) is 5.91 Å². The summed E-state index contributed by atoms with van der Waals surface area (Å²) in [7, 11) is -4.20. The van der Waals surface area contributed by atoms with Gasteiger partial charge < -0.3 is 5.11 Å². The molecule has 2 fully saturated rings. The number of phenolic OH excluding ortho intramolecular Hbond substituents is 1. The summed E-state index contributed by atoms with van der Waals surface area (Å²) in [6, 6.07) is 2.73. The number of phenols is 1. The Morgan fingerprint density at radius 2 is 1.93 bits per heavy atom. The Bertz CT molecular complexity index is 975. The topological polar surface area (TPSA) is 105 Å². The Morgan fingerprint density at radius 1 is 1.19 bits per heavy atom. The van der Waals surface area contributed by atoms with E-state index in [1.807, 2.05) is 10.9 Å². The number of nitrogens with one attached hydrogen (secondary N) is 1. The minimum atomic E-state index is -4.20. The Kier molecular flexibility index (Phi) is 4.29. The van der Waals surface area contributed by atoms with Gasteiger partial charge in [-0.25, -0.2) is 13.4 Å². The summed E-state index contributed by atoms with van der Waals surface area (Å²) >= 11 is 0. The third-order valence-electron chi connectivity index (χ3n) is 5.00. The van der Waals surface area contributed by atoms with Crippen LogP contribution < -0.4 is 9.03 Å². The normalized spacial score (nSPS) is 20.0. The second-order valence-corrected chi connectivity index (χ2v) is 8.46. The minimum Gasteiger partial charge on any atom is -0.506 e. The van der Waals surface area contributed by atoms with Crippen molar-refractivity contribution in [1.82, 2.24) is 14.5 Å². The van der Waals surface area contributed by atoms with Gasteiger partial charge in [-0.3, -0.25) is 9.48 Å². The number of rotatable bonds is 3. The van der Waals surface area contributed by atoms with Gasteiger partial charge in [0.05, 0.1) is 12.2 Å². The molecule has 1 aromatic carbocycles. The van der Waals surface area contributed by atoms with Gasteiger partial charge in [0.2, 0.25) is 0 Å². The summed E-state index contributed by atoms with van der Waals surface area (Å²) < 4.78 is 42.6. The number of amides is 1. The van der Waals surface area contributed by atoms with Crippen LogP contribution in [0, 0.1) is 5.82 Å². The van der Waals surface area contributed by atoms with Gasteiger partial charge in [-0.05, 0) is 30.5 Å². The quantitative estimate of drug-likeness (QED) is 0.829. The summed E-state index contributed by atoms with van der Waals surface area (Å²) in [5, 5.41) is 14.6. The molecule has 2 N–H and O–H groups in total. The molecule has 4 rings (SSSR count). The van der Waals surface area contributed by atoms with E-state index in [-0.39, 0.29) is 0 Å². The van der Waals surface area contributed by atoms with E-state index in [4.69, 9.17) is 0 Å². The molecule has 2 aromatic rings. The number of anilines is 1. The highest BCUT2D eigenvalue weighted by molar-refractivity contribution is 7.92. The summed E-state index contributed by atoms with van der Waals surface area (Å²) in [5.74, 6) is -2.28. The lowest BCUT2D eigenvalue weighted by atomic mass is 9.96. The van der Waals surface area contributed by atoms with Crippen molar-refractivity contribution in [1.29, 1.82) is 0 Å². The van der Waals surface area contributed by atoms with Crippen LogP contribution in [0.4, 0.5) is 10.1 Å². The number of aromatic nitrogens is 2. The predicted molar refractivity (Wildman–Crippen MR) is 95.8 cm³/mol. The summed E-state index contributed by atoms with van der Waals surface area (Å²) in [4.78, 5) is 11.4. The fourth-order valence-electron chi connectivity index (χ4n) is 3.68. The standard InChI is InChI=1S/C17H19FN4O4S/c18-14-6-11(12-8-19-21(9-12)13-4-2-1-3-5-13)7-15(23)17(14)22-10-16(24)20-27(22,25)26/h6-9,13,23H,1-5,10H2,(H,20,24). The van der Waals surface area contributed by atoms with Crippen molar-refractivity contribution < 1.29 is 22.7 Å². The summed E-state index contributed by atoms with van der Waals surface area (Å²) in [5.41, 5.74) is 0.461. The minimum absolute atomic E-state index is 0.317. The molecule has 0 atom stereocenters. The fraction of sp³-hybridized carbons (Fsp3) is 0.412. The smallest absolute Gasteiger partial charge is 0.326 e. The monoisotopic (exact) mass is 394 g/mol. The number of carbonyl (C=O) groups excluding carboxylic acids is 1. The van der Waals surface area contributed by atoms with E-state index in [0.29, 0.717) is 21.5 Å². The third-order valence-corrected chi connectivity index (χ3v) is 6.37. The van der Waals surface area contributed by atoms with Gasteiger partial charge in [-0.1, -0.05) is 19.3 Å². The van der Waals surface area contributed by atoms with Gasteiger partial charge >= 0.3 is 10.2 Å². The van der Waals surface area contributed by atoms with Gasteiger partial charge in [0.1, 0.15) is 18.0 Å². The second kappa shape index (κ2) is 6.52. The highest BCUT2D eigenvalue weighted by Gasteiger charge is 2.37. The Balaban J connectivity index is 1.66. The number of hydrogen-bond acceptors (Lipinski definition) is 5. The van der Waals surface area contributed by atoms with Crippen molar-refractivity contribution in [3.63, 3.8) is 0 Å². The molecule has 1 aliphatic carbocycles. The second-order valence-electron chi connectivity index (χ2n) is 6.86. The van der Waals surface area contributed by atoms with Crippen LogP contribution in [0.15, 0.2) is 24.5 Å². The molecule has 27 heavy (non-hydrogen) atoms. The van der Waals surface area contributed by atoms with Gasteiger partial charge in [0.15, 0.2) is 5.82 Å². The highest BCUT2D eigenvalue weighted by atomic mass is 32.2. The number of halogens is 1. The molecule has 0 unspecified atom stereocenters. The first-order valence-electron chi connectivity index (χ1n) is 8.75. The molecule has 1 amide bonds. The van der Waals surface area contributed by atoms with Crippen LogP contribution in [0.5, 0.6) is 5.75 Å². The number of nitrogens with zero attached hydrogens (tertiary/aromatic N) is 3. The molecule has 1 saturated heterocycles. The van der Waals surface area contributed by atoms with E-state index in [9.17, 15) is 22.7 Å². The van der Waals surface area contributed by atoms with Crippen molar-refractivity contribution in [2.45, 2.75) is 38.1 Å². The Labute approximate surface area is 155 Å². The van der Waals surface area contributed by atoms with Crippen LogP contribution in [0.3, 0.4) is 0 Å². The van der Waals surface area contributed by atoms with E-state index in [2.05, 4.69) is 5.10 Å². The van der Waals surface area contributed by atoms with E-state index in [0.717, 1.165) is 31.7 Å². The molecule has 144 valence electrons. The van der Waals surface area contributed by atoms with Crippen molar-refractivity contribution in [2.75, 3.05) is 10.8 Å². The number of carbonyl (C=O) groups is 1. The van der Waals surface area contributed by atoms with Gasteiger partial charge in [-0.15, -0.1) is 0 Å². The molecule has 10 heteroatoms. The molecule has 1 aromatic heterocycles. The van der Waals surface area contributed by atoms with Crippen LogP contribution in [-0.4, -0.2) is 35.8 Å². The van der Waals surface area contributed by atoms with E-state index < -0.39 is 39.9 Å². The van der Waals surface area contributed by atoms with E-state index in [1.165, 1.54) is 12.5 Å². The maximum atomic E-state index is 14.6. The van der Waals surface area contributed by atoms with Crippen LogP contribution in [0.1, 0.15) is 38.1 Å². The van der Waals surface area contributed by atoms with Crippen molar-refractivity contribution in [3.8, 4) is 16.9 Å². The molecule has 2 heterocycles. The van der Waals surface area contributed by atoms with Crippen LogP contribution in [-0.2, 0) is 15.0 Å². The molecule has 0 bridgehead atoms. The van der Waals surface area contributed by atoms with Crippen molar-refractivity contribution in [3.05, 3.63) is 30.3 Å². The van der Waals surface area contributed by atoms with Crippen molar-refractivity contribution >= 4 is 21.8 Å². The zero-order chi connectivity index (χ0) is 19.2. The fourth-order valence-corrected chi connectivity index (χ4v) is 4.85. The number of aromatic hydroxyl groups is 1. The first-order chi connectivity index (χ1) is 12.8. The lowest BCUT2D eigenvalue weighted by Crippen LogP contribution is -2.30. The molecular weight excluding hydrogens is 375 g/mol. The SMILES string of the molecule is O=C1CN(c2c(O)cc(-c3cnn(C4CCCCC4)c3)cc2F)S(=O)(=O)N1. The van der Waals surface area contributed by atoms with Gasteiger partial charge in [-0.2, -0.15) is 13.5 Å². The van der Waals surface area contributed by atoms with Crippen LogP contribution in [0.2, 0.25) is 0 Å². The number of hydrogen-bond donors (Lipinski definition) is 2. The molecular formula is C17H19FN4O4S. The molecule has 1 aliphatic heterocycles. The largest absolute Gasteiger partial charge is 0.506 e. The third kappa shape index (κ3) is 3.25. The Morgan fingerprint density at radius 3 is 2.56 bits per heavy atom. The zero-order valence-corrected chi connectivity index (χ0v) is 15.2. The van der Waals surface area contributed by atoms with Gasteiger partial charge in [0, 0.05) is 11.8 Å². The van der Waals surface area contributed by atoms with Crippen LogP contribution in [0.25, 0.3) is 11.1 Å². The van der Waals surface area contributed by atoms with E-state index >= 15 is 0 Å². The maximum Gasteiger partial charge on any atom is 0.326 e. The average molecular weight is 394 g/mol. The zero-order valence-electron chi connectivity index (χ0n) is 14.4. The average Bonchev–Trinajstić information content (AvgIpc) is 3.20. The maximum absolute atomic E-state index is 14.6. The molecule has 2 aliphatic rings. The summed E-state index contributed by atoms with van der Waals surface area (Å²) in [6.07, 6.45) is 9.03. The molecule has 8 nitrogen and oxygen atoms in total. The van der Waals surface area contributed by atoms with E-state index in [1.54, 1.807) is 10.9 Å². The molecule has 0 radical (unpaired) electrons. The first-order valence-corrected chi connectivity index (χ1v) is 10.2. The van der Waals surface area contributed by atoms with Crippen LogP contribution >= 0.6 is 0 Å². The number of benzene rings is 1. The molecule has 1 saturated carbocycles. The highest BCUT2D eigenvalue weighted by Crippen LogP contribution is 2.38. The summed E-state index contributed by atoms with van der Waals surface area (Å²) in [6.45, 7) is -0.578. The van der Waals surface area contributed by atoms with Crippen molar-refractivity contribution in [2.24, 2.45) is 0 Å². The Hall–Kier alpha value is -2.62. The first kappa shape index (κ1) is 17.8.